The number of aromatic nitrogens is 2. The van der Waals surface area contributed by atoms with Crippen LogP contribution < -0.4 is 0 Å². The first-order valence-corrected chi connectivity index (χ1v) is 13.8. The van der Waals surface area contributed by atoms with Crippen molar-refractivity contribution < 1.29 is 0 Å². The fourth-order valence-corrected chi connectivity index (χ4v) is 5.98. The highest BCUT2D eigenvalue weighted by Gasteiger charge is 2.15. The molecular weight excluding hydrogens is 492 g/mol. The second-order valence-corrected chi connectivity index (χ2v) is 10.5. The number of benzene rings is 5. The van der Waals surface area contributed by atoms with Gasteiger partial charge >= 0.3 is 0 Å². The Bertz CT molecular complexity index is 1860. The van der Waals surface area contributed by atoms with E-state index in [2.05, 4.69) is 133 Å². The van der Waals surface area contributed by atoms with Crippen molar-refractivity contribution in [2.75, 3.05) is 0 Å². The minimum absolute atomic E-state index is 0.728. The number of thiophene rings is 1. The molecule has 0 saturated carbocycles. The Morgan fingerprint density at radius 3 is 1.72 bits per heavy atom. The summed E-state index contributed by atoms with van der Waals surface area (Å²) in [5.74, 6) is 0.728. The molecule has 7 aromatic rings. The highest BCUT2D eigenvalue weighted by atomic mass is 32.1. The van der Waals surface area contributed by atoms with Gasteiger partial charge in [-0.25, -0.2) is 9.97 Å². The van der Waals surface area contributed by atoms with Crippen molar-refractivity contribution in [1.82, 2.24) is 9.97 Å². The maximum Gasteiger partial charge on any atom is 0.161 e. The highest BCUT2D eigenvalue weighted by molar-refractivity contribution is 7.22. The largest absolute Gasteiger partial charge is 0.228 e. The third kappa shape index (κ3) is 4.65. The summed E-state index contributed by atoms with van der Waals surface area (Å²) in [5.41, 5.74) is 8.60. The maximum atomic E-state index is 5.15. The molecule has 0 radical (unpaired) electrons. The van der Waals surface area contributed by atoms with E-state index < -0.39 is 0 Å². The minimum Gasteiger partial charge on any atom is -0.228 e. The lowest BCUT2D eigenvalue weighted by atomic mass is 9.98. The maximum absolute atomic E-state index is 5.15. The van der Waals surface area contributed by atoms with Crippen molar-refractivity contribution >= 4 is 21.4 Å². The van der Waals surface area contributed by atoms with E-state index in [4.69, 9.17) is 9.97 Å². The molecule has 0 N–H and O–H groups in total. The van der Waals surface area contributed by atoms with Crippen molar-refractivity contribution in [1.29, 1.82) is 0 Å². The summed E-state index contributed by atoms with van der Waals surface area (Å²) in [6.07, 6.45) is 0. The van der Waals surface area contributed by atoms with E-state index in [1.54, 1.807) is 11.3 Å². The smallest absolute Gasteiger partial charge is 0.161 e. The lowest BCUT2D eigenvalue weighted by molar-refractivity contribution is 1.19. The first kappa shape index (κ1) is 23.3. The third-order valence-electron chi connectivity index (χ3n) is 6.94. The molecule has 0 aliphatic rings. The van der Waals surface area contributed by atoms with Gasteiger partial charge in [0.1, 0.15) is 0 Å². The van der Waals surface area contributed by atoms with Gasteiger partial charge in [-0.3, -0.25) is 0 Å². The van der Waals surface area contributed by atoms with E-state index in [1.165, 1.54) is 21.2 Å². The lowest BCUT2D eigenvalue weighted by Crippen LogP contribution is -1.96. The minimum atomic E-state index is 0.728. The zero-order valence-corrected chi connectivity index (χ0v) is 22.0. The summed E-state index contributed by atoms with van der Waals surface area (Å²) in [5, 5.41) is 1.23. The molecule has 3 heteroatoms. The van der Waals surface area contributed by atoms with Gasteiger partial charge < -0.3 is 0 Å². The van der Waals surface area contributed by atoms with E-state index in [0.29, 0.717) is 0 Å². The van der Waals surface area contributed by atoms with Crippen LogP contribution in [0.3, 0.4) is 0 Å². The molecule has 2 aromatic heterocycles. The summed E-state index contributed by atoms with van der Waals surface area (Å²) in [6.45, 7) is 0. The van der Waals surface area contributed by atoms with Gasteiger partial charge in [0, 0.05) is 15.8 Å². The number of fused-ring (bicyclic) bond motifs is 1. The van der Waals surface area contributed by atoms with Crippen molar-refractivity contribution in [3.63, 3.8) is 0 Å². The van der Waals surface area contributed by atoms with Crippen LogP contribution in [0.5, 0.6) is 0 Å². The molecule has 0 fully saturated rings. The molecular formula is C36H24N2S. The van der Waals surface area contributed by atoms with Gasteiger partial charge in [-0.15, -0.1) is 11.3 Å². The molecule has 2 heterocycles. The van der Waals surface area contributed by atoms with Gasteiger partial charge in [-0.1, -0.05) is 127 Å². The highest BCUT2D eigenvalue weighted by Crippen LogP contribution is 2.37. The predicted octanol–water partition coefficient (Wildman–Crippen LogP) is 10.0. The summed E-state index contributed by atoms with van der Waals surface area (Å²) in [4.78, 5) is 11.4. The van der Waals surface area contributed by atoms with Crippen molar-refractivity contribution in [3.8, 4) is 55.5 Å². The van der Waals surface area contributed by atoms with Crippen molar-refractivity contribution in [2.45, 2.75) is 0 Å². The second-order valence-electron chi connectivity index (χ2n) is 9.47. The van der Waals surface area contributed by atoms with Crippen LogP contribution in [0.2, 0.25) is 0 Å². The molecule has 5 aromatic carbocycles. The van der Waals surface area contributed by atoms with E-state index in [-0.39, 0.29) is 0 Å². The monoisotopic (exact) mass is 516 g/mol. The van der Waals surface area contributed by atoms with Gasteiger partial charge in [0.15, 0.2) is 5.82 Å². The Balaban J connectivity index is 1.40. The Kier molecular flexibility index (Phi) is 6.04. The topological polar surface area (TPSA) is 25.8 Å². The van der Waals surface area contributed by atoms with Crippen LogP contribution in [0.1, 0.15) is 0 Å². The quantitative estimate of drug-likeness (QED) is 0.227. The zero-order valence-electron chi connectivity index (χ0n) is 21.2. The van der Waals surface area contributed by atoms with Gasteiger partial charge in [0.25, 0.3) is 0 Å². The third-order valence-corrected chi connectivity index (χ3v) is 8.08. The SMILES string of the molecule is c1ccc(-c2ccc(-c3cc(-c4cc5ccccc5s4)nc(-c4ccccc4-c4ccccc4)n3)cc2)cc1. The molecule has 0 atom stereocenters. The van der Waals surface area contributed by atoms with Crippen LogP contribution in [-0.2, 0) is 0 Å². The van der Waals surface area contributed by atoms with Crippen LogP contribution >= 0.6 is 11.3 Å². The standard InChI is InChI=1S/C36H24N2S/c1-3-11-25(12-4-1)26-19-21-28(22-20-26)32-24-33(35-23-29-15-7-10-18-34(29)39-35)38-36(37-32)31-17-9-8-16-30(31)27-13-5-2-6-14-27/h1-24H. The lowest BCUT2D eigenvalue weighted by Gasteiger charge is -2.12. The fourth-order valence-electron chi connectivity index (χ4n) is 4.96. The summed E-state index contributed by atoms with van der Waals surface area (Å²) in [6, 6.07) is 50.8. The van der Waals surface area contributed by atoms with E-state index in [0.717, 1.165) is 44.3 Å². The number of rotatable bonds is 5. The van der Waals surface area contributed by atoms with E-state index in [1.807, 2.05) is 12.1 Å². The van der Waals surface area contributed by atoms with Gasteiger partial charge in [0.05, 0.1) is 16.3 Å². The van der Waals surface area contributed by atoms with E-state index in [9.17, 15) is 0 Å². The van der Waals surface area contributed by atoms with Gasteiger partial charge in [-0.05, 0) is 45.8 Å². The van der Waals surface area contributed by atoms with Crippen LogP contribution in [0.4, 0.5) is 0 Å². The number of hydrogen-bond acceptors (Lipinski definition) is 3. The molecule has 0 bridgehead atoms. The predicted molar refractivity (Wildman–Crippen MR) is 165 cm³/mol. The van der Waals surface area contributed by atoms with Gasteiger partial charge in [0.2, 0.25) is 0 Å². The molecule has 7 rings (SSSR count). The van der Waals surface area contributed by atoms with Gasteiger partial charge in [-0.2, -0.15) is 0 Å². The van der Waals surface area contributed by atoms with E-state index >= 15 is 0 Å². The average Bonchev–Trinajstić information content (AvgIpc) is 3.47. The Hall–Kier alpha value is -4.86. The normalized spacial score (nSPS) is 11.1. The zero-order chi connectivity index (χ0) is 26.0. The Morgan fingerprint density at radius 1 is 0.410 bits per heavy atom. The second kappa shape index (κ2) is 10.1. The average molecular weight is 517 g/mol. The van der Waals surface area contributed by atoms with Crippen LogP contribution in [0.25, 0.3) is 65.6 Å². The van der Waals surface area contributed by atoms with Crippen LogP contribution in [0.15, 0.2) is 146 Å². The molecule has 0 saturated heterocycles. The Labute approximate surface area is 231 Å². The molecule has 0 aliphatic heterocycles. The first-order valence-electron chi connectivity index (χ1n) is 13.0. The number of nitrogens with zero attached hydrogens (tertiary/aromatic N) is 2. The summed E-state index contributed by atoms with van der Waals surface area (Å²) >= 11 is 1.77. The summed E-state index contributed by atoms with van der Waals surface area (Å²) in [7, 11) is 0. The van der Waals surface area contributed by atoms with Crippen LogP contribution in [0, 0.1) is 0 Å². The molecule has 184 valence electrons. The Morgan fingerprint density at radius 2 is 0.974 bits per heavy atom. The molecule has 39 heavy (non-hydrogen) atoms. The molecule has 0 unspecified atom stereocenters. The molecule has 0 aliphatic carbocycles. The molecule has 0 amide bonds. The molecule has 2 nitrogen and oxygen atoms in total. The van der Waals surface area contributed by atoms with Crippen LogP contribution in [-0.4, -0.2) is 9.97 Å². The van der Waals surface area contributed by atoms with Crippen molar-refractivity contribution in [3.05, 3.63) is 146 Å². The summed E-state index contributed by atoms with van der Waals surface area (Å²) < 4.78 is 1.26. The van der Waals surface area contributed by atoms with Crippen molar-refractivity contribution in [2.24, 2.45) is 0 Å². The fraction of sp³-hybridized carbons (Fsp3) is 0. The number of hydrogen-bond donors (Lipinski definition) is 0. The first-order chi connectivity index (χ1) is 19.3. The molecule has 0 spiro atoms.